The summed E-state index contributed by atoms with van der Waals surface area (Å²) in [5.41, 5.74) is 0.695. The van der Waals surface area contributed by atoms with Crippen molar-refractivity contribution in [3.63, 3.8) is 0 Å². The van der Waals surface area contributed by atoms with E-state index in [1.54, 1.807) is 0 Å². The van der Waals surface area contributed by atoms with Crippen LogP contribution >= 0.6 is 0 Å². The van der Waals surface area contributed by atoms with Gasteiger partial charge in [-0.05, 0) is 30.7 Å². The average Bonchev–Trinajstić information content (AvgIpc) is 2.59. The van der Waals surface area contributed by atoms with Crippen LogP contribution in [0.1, 0.15) is 23.7 Å². The van der Waals surface area contributed by atoms with Crippen LogP contribution in [0.2, 0.25) is 0 Å². The summed E-state index contributed by atoms with van der Waals surface area (Å²) in [5, 5.41) is 21.4. The first-order valence-electron chi connectivity index (χ1n) is 7.24. The lowest BCUT2D eigenvalue weighted by Gasteiger charge is -2.22. The number of non-ortho nitro benzene ring substituents is 2. The van der Waals surface area contributed by atoms with Gasteiger partial charge in [-0.15, -0.1) is 0 Å². The zero-order valence-electron chi connectivity index (χ0n) is 12.9. The number of nitrogens with zero attached hydrogens (tertiary/aromatic N) is 3. The maximum absolute atomic E-state index is 12.7. The molecule has 0 aliphatic heterocycles. The van der Waals surface area contributed by atoms with Gasteiger partial charge in [-0.2, -0.15) is 0 Å². The van der Waals surface area contributed by atoms with Gasteiger partial charge in [-0.1, -0.05) is 6.92 Å². The first-order valence-corrected chi connectivity index (χ1v) is 7.24. The Hall–Kier alpha value is -3.29. The van der Waals surface area contributed by atoms with Gasteiger partial charge in [0.05, 0.1) is 9.85 Å². The van der Waals surface area contributed by atoms with Crippen molar-refractivity contribution in [2.75, 3.05) is 11.4 Å². The molecule has 124 valence electrons. The van der Waals surface area contributed by atoms with E-state index < -0.39 is 9.85 Å². The predicted octanol–water partition coefficient (Wildman–Crippen LogP) is 3.56. The van der Waals surface area contributed by atoms with E-state index >= 15 is 0 Å². The minimum Gasteiger partial charge on any atom is -0.308 e. The van der Waals surface area contributed by atoms with E-state index in [-0.39, 0.29) is 17.3 Å². The number of hydrogen-bond acceptors (Lipinski definition) is 5. The Balaban J connectivity index is 2.30. The Labute approximate surface area is 137 Å². The Morgan fingerprint density at radius 3 is 1.79 bits per heavy atom. The summed E-state index contributed by atoms with van der Waals surface area (Å²) in [6.07, 6.45) is 0.690. The van der Waals surface area contributed by atoms with Crippen LogP contribution in [0.25, 0.3) is 0 Å². The van der Waals surface area contributed by atoms with Crippen molar-refractivity contribution >= 4 is 23.0 Å². The molecule has 0 aliphatic rings. The summed E-state index contributed by atoms with van der Waals surface area (Å²) in [5.74, 6) is -0.319. The van der Waals surface area contributed by atoms with Crippen LogP contribution in [0.5, 0.6) is 0 Å². The van der Waals surface area contributed by atoms with Crippen molar-refractivity contribution < 1.29 is 14.6 Å². The van der Waals surface area contributed by atoms with Crippen LogP contribution in [-0.2, 0) is 0 Å². The first-order chi connectivity index (χ1) is 11.4. The van der Waals surface area contributed by atoms with E-state index in [2.05, 4.69) is 0 Å². The lowest BCUT2D eigenvalue weighted by atomic mass is 10.1. The summed E-state index contributed by atoms with van der Waals surface area (Å²) in [6, 6.07) is 11.0. The van der Waals surface area contributed by atoms with Crippen LogP contribution in [-0.4, -0.2) is 22.3 Å². The number of carbonyl (C=O) groups is 1. The number of benzene rings is 2. The summed E-state index contributed by atoms with van der Waals surface area (Å²) in [7, 11) is 0. The lowest BCUT2D eigenvalue weighted by Crippen LogP contribution is -2.31. The minimum absolute atomic E-state index is 0.0574. The fraction of sp³-hybridized carbons (Fsp3) is 0.188. The van der Waals surface area contributed by atoms with Gasteiger partial charge in [0.15, 0.2) is 0 Å². The minimum atomic E-state index is -0.533. The van der Waals surface area contributed by atoms with E-state index in [9.17, 15) is 25.0 Å². The van der Waals surface area contributed by atoms with Crippen LogP contribution < -0.4 is 4.90 Å². The first kappa shape index (κ1) is 17.1. The molecule has 0 fully saturated rings. The van der Waals surface area contributed by atoms with Crippen LogP contribution in [0, 0.1) is 20.2 Å². The molecule has 8 heteroatoms. The van der Waals surface area contributed by atoms with Crippen molar-refractivity contribution in [2.24, 2.45) is 0 Å². The fourth-order valence-corrected chi connectivity index (χ4v) is 2.21. The average molecular weight is 329 g/mol. The second-order valence-corrected chi connectivity index (χ2v) is 5.03. The van der Waals surface area contributed by atoms with E-state index in [4.69, 9.17) is 0 Å². The smallest absolute Gasteiger partial charge is 0.269 e. The van der Waals surface area contributed by atoms with Crippen molar-refractivity contribution in [1.29, 1.82) is 0 Å². The Kier molecular flexibility index (Phi) is 5.20. The summed E-state index contributed by atoms with van der Waals surface area (Å²) < 4.78 is 0. The van der Waals surface area contributed by atoms with Crippen molar-refractivity contribution in [2.45, 2.75) is 13.3 Å². The number of amides is 1. The van der Waals surface area contributed by atoms with Gasteiger partial charge in [0.25, 0.3) is 17.3 Å². The molecule has 2 aromatic carbocycles. The quantitative estimate of drug-likeness (QED) is 0.595. The largest absolute Gasteiger partial charge is 0.308 e. The molecule has 0 unspecified atom stereocenters. The van der Waals surface area contributed by atoms with E-state index in [1.165, 1.54) is 53.4 Å². The molecule has 0 spiro atoms. The van der Waals surface area contributed by atoms with Gasteiger partial charge in [-0.3, -0.25) is 25.0 Å². The Morgan fingerprint density at radius 2 is 1.38 bits per heavy atom. The monoisotopic (exact) mass is 329 g/mol. The molecule has 24 heavy (non-hydrogen) atoms. The van der Waals surface area contributed by atoms with Crippen molar-refractivity contribution in [3.8, 4) is 0 Å². The number of rotatable bonds is 6. The zero-order chi connectivity index (χ0) is 17.7. The van der Waals surface area contributed by atoms with E-state index in [0.29, 0.717) is 24.2 Å². The van der Waals surface area contributed by atoms with Gasteiger partial charge in [0, 0.05) is 42.1 Å². The molecule has 0 saturated heterocycles. The van der Waals surface area contributed by atoms with Gasteiger partial charge < -0.3 is 4.90 Å². The van der Waals surface area contributed by atoms with E-state index in [0.717, 1.165) is 0 Å². The predicted molar refractivity (Wildman–Crippen MR) is 88.2 cm³/mol. The standard InChI is InChI=1S/C16H15N3O5/c1-2-11-17(13-7-9-15(10-8-13)19(23)24)16(20)12-3-5-14(6-4-12)18(21)22/h3-10H,2,11H2,1H3. The normalized spacial score (nSPS) is 10.2. The molecule has 0 saturated carbocycles. The molecule has 0 bridgehead atoms. The summed E-state index contributed by atoms with van der Waals surface area (Å²) >= 11 is 0. The van der Waals surface area contributed by atoms with Crippen LogP contribution in [0.15, 0.2) is 48.5 Å². The SMILES string of the molecule is CCCN(C(=O)c1ccc([N+](=O)[O-])cc1)c1ccc([N+](=O)[O-])cc1. The molecule has 8 nitrogen and oxygen atoms in total. The number of nitro groups is 2. The summed E-state index contributed by atoms with van der Waals surface area (Å²) in [4.78, 5) is 34.5. The third-order valence-electron chi connectivity index (χ3n) is 3.39. The number of hydrogen-bond donors (Lipinski definition) is 0. The van der Waals surface area contributed by atoms with Gasteiger partial charge >= 0.3 is 0 Å². The highest BCUT2D eigenvalue weighted by molar-refractivity contribution is 6.06. The van der Waals surface area contributed by atoms with Crippen molar-refractivity contribution in [3.05, 3.63) is 74.3 Å². The fourth-order valence-electron chi connectivity index (χ4n) is 2.21. The molecule has 0 N–H and O–H groups in total. The molecular weight excluding hydrogens is 314 g/mol. The molecule has 0 aliphatic carbocycles. The number of carbonyl (C=O) groups excluding carboxylic acids is 1. The maximum atomic E-state index is 12.7. The highest BCUT2D eigenvalue weighted by atomic mass is 16.6. The molecule has 0 heterocycles. The summed E-state index contributed by atoms with van der Waals surface area (Å²) in [6.45, 7) is 2.33. The third-order valence-corrected chi connectivity index (χ3v) is 3.39. The molecule has 0 aromatic heterocycles. The molecule has 0 radical (unpaired) electrons. The highest BCUT2D eigenvalue weighted by Crippen LogP contribution is 2.22. The van der Waals surface area contributed by atoms with Gasteiger partial charge in [0.2, 0.25) is 0 Å². The third kappa shape index (κ3) is 3.72. The second kappa shape index (κ2) is 7.32. The molecular formula is C16H15N3O5. The number of nitro benzene ring substituents is 2. The zero-order valence-corrected chi connectivity index (χ0v) is 12.9. The Bertz CT molecular complexity index is 756. The topological polar surface area (TPSA) is 107 Å². The molecule has 1 amide bonds. The Morgan fingerprint density at radius 1 is 0.917 bits per heavy atom. The van der Waals surface area contributed by atoms with Crippen LogP contribution in [0.3, 0.4) is 0 Å². The molecule has 0 atom stereocenters. The van der Waals surface area contributed by atoms with E-state index in [1.807, 2.05) is 6.92 Å². The number of anilines is 1. The maximum Gasteiger partial charge on any atom is 0.269 e. The molecule has 2 rings (SSSR count). The molecule has 2 aromatic rings. The van der Waals surface area contributed by atoms with Gasteiger partial charge in [-0.25, -0.2) is 0 Å². The van der Waals surface area contributed by atoms with Crippen LogP contribution in [0.4, 0.5) is 17.1 Å². The van der Waals surface area contributed by atoms with Crippen molar-refractivity contribution in [1.82, 2.24) is 0 Å². The van der Waals surface area contributed by atoms with Gasteiger partial charge in [0.1, 0.15) is 0 Å². The highest BCUT2D eigenvalue weighted by Gasteiger charge is 2.19. The second-order valence-electron chi connectivity index (χ2n) is 5.03. The lowest BCUT2D eigenvalue weighted by molar-refractivity contribution is -0.385.